The summed E-state index contributed by atoms with van der Waals surface area (Å²) in [5.74, 6) is 0. The zero-order valence-electron chi connectivity index (χ0n) is 14.9. The Balaban J connectivity index is 1.61. The zero-order chi connectivity index (χ0) is 19.2. The van der Waals surface area contributed by atoms with Gasteiger partial charge in [0.1, 0.15) is 0 Å². The van der Waals surface area contributed by atoms with Crippen molar-refractivity contribution in [1.82, 2.24) is 14.9 Å². The second-order valence-corrected chi connectivity index (χ2v) is 6.48. The third-order valence-electron chi connectivity index (χ3n) is 4.61. The quantitative estimate of drug-likeness (QED) is 0.621. The van der Waals surface area contributed by atoms with Gasteiger partial charge in [0.2, 0.25) is 0 Å². The minimum Gasteiger partial charge on any atom is -0.464 e. The average molecular weight is 370 g/mol. The van der Waals surface area contributed by atoms with Gasteiger partial charge < -0.3 is 5.11 Å². The monoisotopic (exact) mass is 370 g/mol. The van der Waals surface area contributed by atoms with Crippen LogP contribution in [-0.2, 0) is 13.1 Å². The van der Waals surface area contributed by atoms with Crippen LogP contribution in [0.3, 0.4) is 0 Å². The lowest BCUT2D eigenvalue weighted by molar-refractivity contribution is -0.384. The SMILES string of the molecule is O=C(O)N(Cc1cccc([N+](=O)[O-])c1)N1CCN(Cc2ccccc2)CC1. The van der Waals surface area contributed by atoms with E-state index in [1.165, 1.54) is 22.7 Å². The molecule has 0 aromatic heterocycles. The number of nitro benzene ring substituents is 1. The number of hydrazine groups is 1. The van der Waals surface area contributed by atoms with Crippen molar-refractivity contribution in [2.75, 3.05) is 26.2 Å². The van der Waals surface area contributed by atoms with Gasteiger partial charge in [-0.25, -0.2) is 14.8 Å². The van der Waals surface area contributed by atoms with Crippen molar-refractivity contribution in [3.05, 3.63) is 75.8 Å². The molecule has 0 radical (unpaired) electrons. The predicted molar refractivity (Wildman–Crippen MR) is 100.0 cm³/mol. The molecular weight excluding hydrogens is 348 g/mol. The van der Waals surface area contributed by atoms with E-state index in [0.29, 0.717) is 18.7 Å². The summed E-state index contributed by atoms with van der Waals surface area (Å²) in [5, 5.41) is 23.6. The lowest BCUT2D eigenvalue weighted by Gasteiger charge is -2.39. The van der Waals surface area contributed by atoms with Crippen LogP contribution in [0.15, 0.2) is 54.6 Å². The molecule has 8 nitrogen and oxygen atoms in total. The Morgan fingerprint density at radius 2 is 1.70 bits per heavy atom. The maximum absolute atomic E-state index is 11.7. The molecule has 1 N–H and O–H groups in total. The van der Waals surface area contributed by atoms with Crippen LogP contribution in [0.1, 0.15) is 11.1 Å². The molecule has 0 unspecified atom stereocenters. The van der Waals surface area contributed by atoms with Crippen LogP contribution < -0.4 is 0 Å². The number of non-ortho nitro benzene ring substituents is 1. The number of amides is 1. The van der Waals surface area contributed by atoms with E-state index in [1.807, 2.05) is 18.2 Å². The summed E-state index contributed by atoms with van der Waals surface area (Å²) in [6, 6.07) is 16.3. The first-order valence-corrected chi connectivity index (χ1v) is 8.78. The average Bonchev–Trinajstić information content (AvgIpc) is 2.68. The number of benzene rings is 2. The standard InChI is InChI=1S/C19H22N4O4/c24-19(25)22(15-17-7-4-8-18(13-17)23(26)27)21-11-9-20(10-12-21)14-16-5-2-1-3-6-16/h1-8,13H,9-12,14-15H2,(H,24,25). The third kappa shape index (κ3) is 5.02. The van der Waals surface area contributed by atoms with Gasteiger partial charge in [-0.1, -0.05) is 42.5 Å². The van der Waals surface area contributed by atoms with Gasteiger partial charge in [-0.3, -0.25) is 15.0 Å². The summed E-state index contributed by atoms with van der Waals surface area (Å²) in [6.45, 7) is 3.63. The second-order valence-electron chi connectivity index (χ2n) is 6.48. The number of carbonyl (C=O) groups is 1. The van der Waals surface area contributed by atoms with E-state index in [9.17, 15) is 20.0 Å². The molecule has 0 spiro atoms. The predicted octanol–water partition coefficient (Wildman–Crippen LogP) is 2.81. The van der Waals surface area contributed by atoms with Crippen molar-refractivity contribution in [3.63, 3.8) is 0 Å². The van der Waals surface area contributed by atoms with Gasteiger partial charge in [0.05, 0.1) is 11.5 Å². The molecule has 1 aliphatic rings. The molecule has 8 heteroatoms. The van der Waals surface area contributed by atoms with E-state index in [4.69, 9.17) is 0 Å². The first-order chi connectivity index (χ1) is 13.0. The lowest BCUT2D eigenvalue weighted by atomic mass is 10.2. The molecule has 0 saturated carbocycles. The largest absolute Gasteiger partial charge is 0.464 e. The third-order valence-corrected chi connectivity index (χ3v) is 4.61. The molecule has 2 aromatic carbocycles. The Morgan fingerprint density at radius 1 is 1.04 bits per heavy atom. The highest BCUT2D eigenvalue weighted by molar-refractivity contribution is 5.64. The van der Waals surface area contributed by atoms with Crippen LogP contribution in [0.4, 0.5) is 10.5 Å². The lowest BCUT2D eigenvalue weighted by Crippen LogP contribution is -2.54. The van der Waals surface area contributed by atoms with Crippen LogP contribution in [0, 0.1) is 10.1 Å². The van der Waals surface area contributed by atoms with E-state index in [1.54, 1.807) is 17.1 Å². The fourth-order valence-corrected chi connectivity index (χ4v) is 3.21. The smallest absolute Gasteiger partial charge is 0.422 e. The minimum atomic E-state index is -1.06. The van der Waals surface area contributed by atoms with Gasteiger partial charge in [-0.2, -0.15) is 0 Å². The van der Waals surface area contributed by atoms with Gasteiger partial charge >= 0.3 is 6.09 Å². The molecule has 1 fully saturated rings. The van der Waals surface area contributed by atoms with Crippen LogP contribution in [0.5, 0.6) is 0 Å². The molecule has 142 valence electrons. The highest BCUT2D eigenvalue weighted by atomic mass is 16.6. The number of nitro groups is 1. The number of rotatable bonds is 6. The van der Waals surface area contributed by atoms with E-state index >= 15 is 0 Å². The van der Waals surface area contributed by atoms with E-state index in [-0.39, 0.29) is 12.2 Å². The highest BCUT2D eigenvalue weighted by Gasteiger charge is 2.26. The normalized spacial score (nSPS) is 15.4. The summed E-state index contributed by atoms with van der Waals surface area (Å²) >= 11 is 0. The molecule has 0 bridgehead atoms. The number of piperazine rings is 1. The Hall–Kier alpha value is -2.97. The Bertz CT molecular complexity index is 791. The molecule has 0 atom stereocenters. The van der Waals surface area contributed by atoms with Crippen LogP contribution >= 0.6 is 0 Å². The van der Waals surface area contributed by atoms with Crippen molar-refractivity contribution in [1.29, 1.82) is 0 Å². The van der Waals surface area contributed by atoms with Gasteiger partial charge in [0.15, 0.2) is 0 Å². The summed E-state index contributed by atoms with van der Waals surface area (Å²) < 4.78 is 0. The number of carboxylic acid groups (broad SMARTS) is 1. The summed E-state index contributed by atoms with van der Waals surface area (Å²) in [6.07, 6.45) is -1.06. The maximum Gasteiger partial charge on any atom is 0.422 e. The summed E-state index contributed by atoms with van der Waals surface area (Å²) in [4.78, 5) is 24.5. The number of hydrogen-bond donors (Lipinski definition) is 1. The zero-order valence-corrected chi connectivity index (χ0v) is 14.9. The van der Waals surface area contributed by atoms with Crippen LogP contribution in [0.25, 0.3) is 0 Å². The van der Waals surface area contributed by atoms with Crippen LogP contribution in [0.2, 0.25) is 0 Å². The van der Waals surface area contributed by atoms with Gasteiger partial charge in [0.25, 0.3) is 5.69 Å². The molecule has 3 rings (SSSR count). The van der Waals surface area contributed by atoms with Crippen molar-refractivity contribution in [2.24, 2.45) is 0 Å². The number of nitrogens with zero attached hydrogens (tertiary/aromatic N) is 4. The van der Waals surface area contributed by atoms with Gasteiger partial charge in [-0.05, 0) is 11.1 Å². The van der Waals surface area contributed by atoms with E-state index in [2.05, 4.69) is 17.0 Å². The molecule has 27 heavy (non-hydrogen) atoms. The molecule has 0 aliphatic carbocycles. The highest BCUT2D eigenvalue weighted by Crippen LogP contribution is 2.17. The first kappa shape index (κ1) is 18.8. The Morgan fingerprint density at radius 3 is 2.33 bits per heavy atom. The molecule has 2 aromatic rings. The van der Waals surface area contributed by atoms with Crippen molar-refractivity contribution in [3.8, 4) is 0 Å². The van der Waals surface area contributed by atoms with Crippen LogP contribution in [-0.4, -0.2) is 57.2 Å². The fourth-order valence-electron chi connectivity index (χ4n) is 3.21. The molecule has 1 aliphatic heterocycles. The first-order valence-electron chi connectivity index (χ1n) is 8.78. The Kier molecular flexibility index (Phi) is 6.00. The fraction of sp³-hybridized carbons (Fsp3) is 0.316. The maximum atomic E-state index is 11.7. The van der Waals surface area contributed by atoms with Gasteiger partial charge in [-0.15, -0.1) is 0 Å². The number of hydrogen-bond acceptors (Lipinski definition) is 5. The summed E-state index contributed by atoms with van der Waals surface area (Å²) in [7, 11) is 0. The molecule has 1 amide bonds. The van der Waals surface area contributed by atoms with Gasteiger partial charge in [0, 0.05) is 44.9 Å². The summed E-state index contributed by atoms with van der Waals surface area (Å²) in [5.41, 5.74) is 1.79. The Labute approximate surface area is 157 Å². The molecule has 1 saturated heterocycles. The van der Waals surface area contributed by atoms with E-state index < -0.39 is 11.0 Å². The topological polar surface area (TPSA) is 90.2 Å². The van der Waals surface area contributed by atoms with E-state index in [0.717, 1.165) is 19.6 Å². The van der Waals surface area contributed by atoms with Crippen molar-refractivity contribution in [2.45, 2.75) is 13.1 Å². The molecule has 1 heterocycles. The minimum absolute atomic E-state index is 0.0366. The molecular formula is C19H22N4O4. The van der Waals surface area contributed by atoms with Crippen molar-refractivity contribution >= 4 is 11.8 Å². The second kappa shape index (κ2) is 8.61. The van der Waals surface area contributed by atoms with Crippen molar-refractivity contribution < 1.29 is 14.8 Å².